The molecule has 0 spiro atoms. The quantitative estimate of drug-likeness (QED) is 0.0629. The zero-order chi connectivity index (χ0) is 32.9. The zero-order valence-corrected chi connectivity index (χ0v) is 25.7. The Bertz CT molecular complexity index is 1060. The van der Waals surface area contributed by atoms with Crippen molar-refractivity contribution in [3.8, 4) is 0 Å². The van der Waals surface area contributed by atoms with Gasteiger partial charge in [0.25, 0.3) is 5.91 Å². The molecule has 2 heterocycles. The maximum Gasteiger partial charge on any atom is 0.254 e. The van der Waals surface area contributed by atoms with Crippen LogP contribution in [-0.2, 0) is 23.7 Å². The predicted molar refractivity (Wildman–Crippen MR) is 160 cm³/mol. The summed E-state index contributed by atoms with van der Waals surface area (Å²) in [6.45, 7) is 2.64. The molecule has 1 amide bonds. The van der Waals surface area contributed by atoms with Crippen LogP contribution in [0.1, 0.15) is 51.9 Å². The average Bonchev–Trinajstić information content (AvgIpc) is 3.62. The number of guanidine groups is 1. The maximum absolute atomic E-state index is 13.1. The van der Waals surface area contributed by atoms with Crippen molar-refractivity contribution in [1.82, 2.24) is 10.6 Å². The molecular weight excluding hydrogens is 594 g/mol. The summed E-state index contributed by atoms with van der Waals surface area (Å²) in [6.07, 6.45) is -2.95. The van der Waals surface area contributed by atoms with Crippen molar-refractivity contribution in [2.45, 2.75) is 124 Å². The number of hydrogen-bond acceptors (Lipinski definition) is 14. The number of ether oxygens (including phenoxy) is 4. The highest BCUT2D eigenvalue weighted by Crippen LogP contribution is 2.40. The largest absolute Gasteiger partial charge is 0.468 e. The van der Waals surface area contributed by atoms with Gasteiger partial charge in [-0.2, -0.15) is 0 Å². The van der Waals surface area contributed by atoms with E-state index in [1.807, 2.05) is 6.08 Å². The Morgan fingerprint density at radius 3 is 2.67 bits per heavy atom. The number of nitrogens with one attached hydrogen (secondary N) is 2. The van der Waals surface area contributed by atoms with Crippen LogP contribution in [0.4, 0.5) is 0 Å². The molecule has 2 aliphatic carbocycles. The minimum Gasteiger partial charge on any atom is -0.468 e. The van der Waals surface area contributed by atoms with E-state index in [9.17, 15) is 30.3 Å². The average molecular weight is 646 g/mol. The second kappa shape index (κ2) is 15.2. The summed E-state index contributed by atoms with van der Waals surface area (Å²) in [5, 5.41) is 59.2. The van der Waals surface area contributed by atoms with Crippen LogP contribution in [0.2, 0.25) is 0 Å². The standard InChI is InChI=1S/C28H51N7O10/c1-27(40)9-18(37)24(42-13-27)45-23-17(34-25(39)28(41)10-19(28)35-26(31)32)8-16(30)22(21(23)38)44-20-6-2-5-15(43-20)12-33-11-14(36)4-3-7-29/h5,14,16-24,33,36-38,40-41H,2-4,6-13,29-30H2,1H3,(H,34,39)(H4,31,32,35)/t14?,16?,17?,18?,19?,20-,21?,22-,23+,24?,27-,28?/m1/s1. The summed E-state index contributed by atoms with van der Waals surface area (Å²) in [5.74, 6) is -0.417. The number of carbonyl (C=O) groups excluding carboxylic acids is 1. The van der Waals surface area contributed by atoms with Crippen LogP contribution in [0.25, 0.3) is 0 Å². The van der Waals surface area contributed by atoms with Crippen LogP contribution in [-0.4, -0.2) is 136 Å². The molecule has 45 heavy (non-hydrogen) atoms. The van der Waals surface area contributed by atoms with E-state index in [4.69, 9.17) is 41.9 Å². The first-order valence-corrected chi connectivity index (χ1v) is 15.6. The lowest BCUT2D eigenvalue weighted by Crippen LogP contribution is -2.67. The first kappa shape index (κ1) is 35.7. The fraction of sp³-hybridized carbons (Fsp3) is 0.857. The first-order chi connectivity index (χ1) is 21.2. The first-order valence-electron chi connectivity index (χ1n) is 15.6. The van der Waals surface area contributed by atoms with Crippen molar-refractivity contribution in [2.75, 3.05) is 26.2 Å². The van der Waals surface area contributed by atoms with Gasteiger partial charge in [-0.1, -0.05) is 0 Å². The number of amides is 1. The third-order valence-corrected chi connectivity index (χ3v) is 8.53. The van der Waals surface area contributed by atoms with E-state index in [1.54, 1.807) is 0 Å². The highest BCUT2D eigenvalue weighted by Gasteiger charge is 2.61. The number of hydrogen-bond donors (Lipinski definition) is 11. The smallest absolute Gasteiger partial charge is 0.254 e. The van der Waals surface area contributed by atoms with Gasteiger partial charge in [-0.25, -0.2) is 4.99 Å². The third-order valence-electron chi connectivity index (χ3n) is 8.53. The molecule has 15 N–H and O–H groups in total. The van der Waals surface area contributed by atoms with Gasteiger partial charge in [-0.3, -0.25) is 4.79 Å². The van der Waals surface area contributed by atoms with Gasteiger partial charge in [-0.15, -0.1) is 0 Å². The van der Waals surface area contributed by atoms with Crippen LogP contribution in [0, 0.1) is 0 Å². The molecule has 3 fully saturated rings. The summed E-state index contributed by atoms with van der Waals surface area (Å²) in [4.78, 5) is 17.0. The van der Waals surface area contributed by atoms with E-state index in [0.717, 1.165) is 6.42 Å². The lowest BCUT2D eigenvalue weighted by Gasteiger charge is -2.47. The zero-order valence-electron chi connectivity index (χ0n) is 25.7. The molecule has 17 heteroatoms. The minimum absolute atomic E-state index is 0.00520. The monoisotopic (exact) mass is 645 g/mol. The van der Waals surface area contributed by atoms with Crippen LogP contribution in [0.5, 0.6) is 0 Å². The highest BCUT2D eigenvalue weighted by atomic mass is 16.7. The van der Waals surface area contributed by atoms with Crippen LogP contribution in [0.15, 0.2) is 16.8 Å². The molecule has 2 aliphatic heterocycles. The van der Waals surface area contributed by atoms with Gasteiger partial charge in [0.1, 0.15) is 30.2 Å². The van der Waals surface area contributed by atoms with Crippen LogP contribution < -0.4 is 33.6 Å². The Hall–Kier alpha value is -2.16. The Kier molecular flexibility index (Phi) is 12.0. The number of nitrogens with two attached hydrogens (primary N) is 4. The van der Waals surface area contributed by atoms with E-state index >= 15 is 0 Å². The highest BCUT2D eigenvalue weighted by molar-refractivity contribution is 5.90. The van der Waals surface area contributed by atoms with Crippen molar-refractivity contribution in [3.63, 3.8) is 0 Å². The number of aliphatic hydroxyl groups excluding tert-OH is 3. The SMILES string of the molecule is C[C@]1(O)COC(O[C@H]2C(NC(=O)C3(O)CC3N=C(N)N)CC(N)[C@@H](O[C@@H]3CCC=C(CNCC(O)CCCN)O3)C2O)C(O)C1. The van der Waals surface area contributed by atoms with Crippen LogP contribution >= 0.6 is 0 Å². The van der Waals surface area contributed by atoms with E-state index in [0.29, 0.717) is 44.7 Å². The molecule has 17 nitrogen and oxygen atoms in total. The maximum atomic E-state index is 13.1. The second-order valence-electron chi connectivity index (χ2n) is 12.8. The summed E-state index contributed by atoms with van der Waals surface area (Å²) < 4.78 is 23.8. The normalized spacial score (nSPS) is 40.5. The summed E-state index contributed by atoms with van der Waals surface area (Å²) in [5.41, 5.74) is 19.7. The number of allylic oxidation sites excluding steroid dienone is 1. The Balaban J connectivity index is 1.41. The molecule has 12 atom stereocenters. The number of aliphatic imine (C=N–C) groups is 1. The van der Waals surface area contributed by atoms with Gasteiger partial charge in [0.2, 0.25) is 0 Å². The molecule has 1 saturated heterocycles. The fourth-order valence-corrected chi connectivity index (χ4v) is 5.97. The van der Waals surface area contributed by atoms with E-state index in [1.165, 1.54) is 6.92 Å². The molecule has 8 unspecified atom stereocenters. The number of nitrogens with zero attached hydrogens (tertiary/aromatic N) is 1. The number of aliphatic hydroxyl groups is 5. The third kappa shape index (κ3) is 9.45. The molecule has 0 radical (unpaired) electrons. The van der Waals surface area contributed by atoms with Crippen molar-refractivity contribution >= 4 is 11.9 Å². The van der Waals surface area contributed by atoms with Crippen molar-refractivity contribution in [1.29, 1.82) is 0 Å². The molecule has 4 aliphatic rings. The summed E-state index contributed by atoms with van der Waals surface area (Å²) in [6, 6.07) is -2.54. The van der Waals surface area contributed by atoms with Crippen molar-refractivity contribution in [3.05, 3.63) is 11.8 Å². The van der Waals surface area contributed by atoms with Crippen molar-refractivity contribution in [2.24, 2.45) is 27.9 Å². The lowest BCUT2D eigenvalue weighted by atomic mass is 9.83. The lowest BCUT2D eigenvalue weighted by molar-refractivity contribution is -0.297. The summed E-state index contributed by atoms with van der Waals surface area (Å²) >= 11 is 0. The fourth-order valence-electron chi connectivity index (χ4n) is 5.97. The molecule has 0 aromatic carbocycles. The van der Waals surface area contributed by atoms with E-state index in [-0.39, 0.29) is 31.8 Å². The van der Waals surface area contributed by atoms with E-state index in [2.05, 4.69) is 15.6 Å². The van der Waals surface area contributed by atoms with Crippen molar-refractivity contribution < 1.29 is 49.3 Å². The Morgan fingerprint density at radius 2 is 1.98 bits per heavy atom. The molecular formula is C28H51N7O10. The number of rotatable bonds is 14. The van der Waals surface area contributed by atoms with Gasteiger partial charge in [0, 0.05) is 31.8 Å². The topological polar surface area (TPSA) is 296 Å². The molecule has 2 saturated carbocycles. The van der Waals surface area contributed by atoms with Gasteiger partial charge < -0.3 is 78.0 Å². The minimum atomic E-state index is -1.84. The van der Waals surface area contributed by atoms with E-state index < -0.39 is 78.3 Å². The Labute approximate surface area is 262 Å². The summed E-state index contributed by atoms with van der Waals surface area (Å²) in [7, 11) is 0. The second-order valence-corrected chi connectivity index (χ2v) is 12.8. The van der Waals surface area contributed by atoms with Gasteiger partial charge in [-0.05, 0) is 45.2 Å². The van der Waals surface area contributed by atoms with Crippen LogP contribution in [0.3, 0.4) is 0 Å². The Morgan fingerprint density at radius 1 is 1.22 bits per heavy atom. The molecule has 0 aromatic heterocycles. The molecule has 258 valence electrons. The molecule has 0 bridgehead atoms. The van der Waals surface area contributed by atoms with Gasteiger partial charge in [0.15, 0.2) is 24.1 Å². The molecule has 0 aromatic rings. The van der Waals surface area contributed by atoms with Gasteiger partial charge >= 0.3 is 0 Å². The molecule has 4 rings (SSSR count). The number of carbonyl (C=O) groups is 1. The predicted octanol–water partition coefficient (Wildman–Crippen LogP) is -4.32. The van der Waals surface area contributed by atoms with Gasteiger partial charge in [0.05, 0.1) is 36.9 Å².